The zero-order chi connectivity index (χ0) is 7.19. The molecule has 2 fully saturated rings. The molecule has 58 valence electrons. The molecular weight excluding hydrogens is 128 g/mol. The second-order valence-electron chi connectivity index (χ2n) is 3.72. The lowest BCUT2D eigenvalue weighted by molar-refractivity contribution is -0.207. The van der Waals surface area contributed by atoms with Gasteiger partial charge < -0.3 is 9.84 Å². The van der Waals surface area contributed by atoms with E-state index in [2.05, 4.69) is 6.92 Å². The average Bonchev–Trinajstić information content (AvgIpc) is 2.62. The lowest BCUT2D eigenvalue weighted by Crippen LogP contribution is -2.55. The molecule has 1 aliphatic heterocycles. The maximum Gasteiger partial charge on any atom is 0.114 e. The molecule has 1 atom stereocenters. The highest BCUT2D eigenvalue weighted by Gasteiger charge is 2.47. The van der Waals surface area contributed by atoms with Gasteiger partial charge >= 0.3 is 0 Å². The average molecular weight is 142 g/mol. The maximum absolute atomic E-state index is 9.76. The van der Waals surface area contributed by atoms with Crippen molar-refractivity contribution < 1.29 is 9.84 Å². The summed E-state index contributed by atoms with van der Waals surface area (Å²) in [5.74, 6) is 1.25. The minimum Gasteiger partial charge on any atom is -0.385 e. The van der Waals surface area contributed by atoms with Crippen molar-refractivity contribution in [3.8, 4) is 0 Å². The van der Waals surface area contributed by atoms with Gasteiger partial charge in [-0.1, -0.05) is 6.92 Å². The number of hydrogen-bond acceptors (Lipinski definition) is 2. The lowest BCUT2D eigenvalue weighted by atomic mass is 9.84. The van der Waals surface area contributed by atoms with Gasteiger partial charge in [0.05, 0.1) is 13.2 Å². The standard InChI is InChI=1S/C8H14O2/c1-6(7-2-3-7)8(9)4-10-5-8/h6-7,9H,2-5H2,1H3. The molecule has 0 amide bonds. The molecule has 10 heavy (non-hydrogen) atoms. The zero-order valence-electron chi connectivity index (χ0n) is 6.34. The van der Waals surface area contributed by atoms with Crippen molar-refractivity contribution in [1.82, 2.24) is 0 Å². The smallest absolute Gasteiger partial charge is 0.114 e. The maximum atomic E-state index is 9.76. The molecule has 1 saturated heterocycles. The van der Waals surface area contributed by atoms with E-state index in [4.69, 9.17) is 4.74 Å². The van der Waals surface area contributed by atoms with Gasteiger partial charge in [-0.2, -0.15) is 0 Å². The fourth-order valence-electron chi connectivity index (χ4n) is 1.61. The van der Waals surface area contributed by atoms with E-state index in [0.29, 0.717) is 19.1 Å². The molecule has 2 aliphatic rings. The fourth-order valence-corrected chi connectivity index (χ4v) is 1.61. The van der Waals surface area contributed by atoms with Gasteiger partial charge in [-0.15, -0.1) is 0 Å². The Labute approximate surface area is 61.2 Å². The third-order valence-corrected chi connectivity index (χ3v) is 2.88. The first-order valence-corrected chi connectivity index (χ1v) is 4.02. The predicted octanol–water partition coefficient (Wildman–Crippen LogP) is 0.794. The van der Waals surface area contributed by atoms with Gasteiger partial charge in [0.1, 0.15) is 5.60 Å². The Bertz CT molecular complexity index is 136. The van der Waals surface area contributed by atoms with Crippen LogP contribution >= 0.6 is 0 Å². The molecule has 0 aromatic rings. The quantitative estimate of drug-likeness (QED) is 0.617. The molecule has 0 bridgehead atoms. The fraction of sp³-hybridized carbons (Fsp3) is 1.00. The molecule has 1 N–H and O–H groups in total. The molecule has 2 nitrogen and oxygen atoms in total. The van der Waals surface area contributed by atoms with Crippen LogP contribution in [0.5, 0.6) is 0 Å². The summed E-state index contributed by atoms with van der Waals surface area (Å²) < 4.78 is 4.99. The van der Waals surface area contributed by atoms with Crippen LogP contribution in [0, 0.1) is 11.8 Å². The van der Waals surface area contributed by atoms with Crippen LogP contribution in [0.2, 0.25) is 0 Å². The topological polar surface area (TPSA) is 29.5 Å². The van der Waals surface area contributed by atoms with Crippen molar-refractivity contribution >= 4 is 0 Å². The van der Waals surface area contributed by atoms with E-state index in [0.717, 1.165) is 5.92 Å². The van der Waals surface area contributed by atoms with Crippen molar-refractivity contribution in [2.75, 3.05) is 13.2 Å². The summed E-state index contributed by atoms with van der Waals surface area (Å²) in [5, 5.41) is 9.76. The molecule has 1 unspecified atom stereocenters. The van der Waals surface area contributed by atoms with Crippen LogP contribution in [-0.2, 0) is 4.74 Å². The first-order valence-electron chi connectivity index (χ1n) is 4.02. The van der Waals surface area contributed by atoms with Gasteiger partial charge in [-0.05, 0) is 24.7 Å². The largest absolute Gasteiger partial charge is 0.385 e. The van der Waals surface area contributed by atoms with Crippen molar-refractivity contribution in [3.05, 3.63) is 0 Å². The van der Waals surface area contributed by atoms with Crippen LogP contribution in [0.25, 0.3) is 0 Å². The highest BCUT2D eigenvalue weighted by Crippen LogP contribution is 2.44. The molecule has 0 radical (unpaired) electrons. The van der Waals surface area contributed by atoms with Crippen LogP contribution in [-0.4, -0.2) is 23.9 Å². The van der Waals surface area contributed by atoms with E-state index < -0.39 is 5.60 Å². The van der Waals surface area contributed by atoms with Crippen molar-refractivity contribution in [2.45, 2.75) is 25.4 Å². The van der Waals surface area contributed by atoms with Gasteiger partial charge in [0, 0.05) is 0 Å². The summed E-state index contributed by atoms with van der Waals surface area (Å²) in [6.45, 7) is 3.26. The summed E-state index contributed by atoms with van der Waals surface area (Å²) in [7, 11) is 0. The van der Waals surface area contributed by atoms with E-state index in [-0.39, 0.29) is 0 Å². The zero-order valence-corrected chi connectivity index (χ0v) is 6.34. The summed E-state index contributed by atoms with van der Waals surface area (Å²) >= 11 is 0. The molecule has 1 aliphatic carbocycles. The Balaban J connectivity index is 1.95. The Morgan fingerprint density at radius 3 is 2.40 bits per heavy atom. The van der Waals surface area contributed by atoms with Crippen LogP contribution in [0.1, 0.15) is 19.8 Å². The summed E-state index contributed by atoms with van der Waals surface area (Å²) in [5.41, 5.74) is -0.457. The van der Waals surface area contributed by atoms with E-state index in [1.807, 2.05) is 0 Å². The van der Waals surface area contributed by atoms with Crippen molar-refractivity contribution in [3.63, 3.8) is 0 Å². The first kappa shape index (κ1) is 6.62. The van der Waals surface area contributed by atoms with E-state index in [1.54, 1.807) is 0 Å². The minimum absolute atomic E-state index is 0.457. The lowest BCUT2D eigenvalue weighted by Gasteiger charge is -2.41. The second kappa shape index (κ2) is 1.95. The highest BCUT2D eigenvalue weighted by molar-refractivity contribution is 4.96. The van der Waals surface area contributed by atoms with E-state index >= 15 is 0 Å². The minimum atomic E-state index is -0.457. The van der Waals surface area contributed by atoms with Gasteiger partial charge in [0.25, 0.3) is 0 Å². The first-order chi connectivity index (χ1) is 4.72. The van der Waals surface area contributed by atoms with E-state index in [9.17, 15) is 5.11 Å². The SMILES string of the molecule is CC(C1CC1)C1(O)COC1. The number of rotatable bonds is 2. The number of ether oxygens (including phenoxy) is 1. The molecule has 0 aromatic carbocycles. The Hall–Kier alpha value is -0.0800. The van der Waals surface area contributed by atoms with Gasteiger partial charge in [-0.25, -0.2) is 0 Å². The van der Waals surface area contributed by atoms with Crippen LogP contribution in [0.15, 0.2) is 0 Å². The Morgan fingerprint density at radius 1 is 1.50 bits per heavy atom. The molecule has 0 spiro atoms. The van der Waals surface area contributed by atoms with E-state index in [1.165, 1.54) is 12.8 Å². The van der Waals surface area contributed by atoms with Crippen LogP contribution in [0.4, 0.5) is 0 Å². The monoisotopic (exact) mass is 142 g/mol. The van der Waals surface area contributed by atoms with Crippen LogP contribution in [0.3, 0.4) is 0 Å². The summed E-state index contributed by atoms with van der Waals surface area (Å²) in [4.78, 5) is 0. The van der Waals surface area contributed by atoms with Gasteiger partial charge in [0.15, 0.2) is 0 Å². The van der Waals surface area contributed by atoms with Crippen molar-refractivity contribution in [2.24, 2.45) is 11.8 Å². The Morgan fingerprint density at radius 2 is 2.10 bits per heavy atom. The molecule has 0 aromatic heterocycles. The van der Waals surface area contributed by atoms with Gasteiger partial charge in [0.2, 0.25) is 0 Å². The van der Waals surface area contributed by atoms with Crippen LogP contribution < -0.4 is 0 Å². The number of hydrogen-bond donors (Lipinski definition) is 1. The summed E-state index contributed by atoms with van der Waals surface area (Å²) in [6.07, 6.45) is 2.62. The molecule has 1 heterocycles. The summed E-state index contributed by atoms with van der Waals surface area (Å²) in [6, 6.07) is 0. The van der Waals surface area contributed by atoms with Crippen molar-refractivity contribution in [1.29, 1.82) is 0 Å². The number of aliphatic hydroxyl groups is 1. The molecule has 1 saturated carbocycles. The Kier molecular flexibility index (Phi) is 1.29. The third kappa shape index (κ3) is 0.867. The molecule has 2 rings (SSSR count). The predicted molar refractivity (Wildman–Crippen MR) is 37.7 cm³/mol. The second-order valence-corrected chi connectivity index (χ2v) is 3.72. The van der Waals surface area contributed by atoms with Gasteiger partial charge in [-0.3, -0.25) is 0 Å². The normalized spacial score (nSPS) is 33.0. The highest BCUT2D eigenvalue weighted by atomic mass is 16.5. The third-order valence-electron chi connectivity index (χ3n) is 2.88. The molecular formula is C8H14O2. The molecule has 2 heteroatoms.